The van der Waals surface area contributed by atoms with Gasteiger partial charge in [-0.3, -0.25) is 0 Å². The Balaban J connectivity index is 2.52. The van der Waals surface area contributed by atoms with E-state index in [0.717, 1.165) is 6.42 Å². The van der Waals surface area contributed by atoms with Gasteiger partial charge in [0, 0.05) is 6.04 Å². The van der Waals surface area contributed by atoms with Crippen LogP contribution in [0.25, 0.3) is 5.57 Å². The van der Waals surface area contributed by atoms with Gasteiger partial charge in [0.2, 0.25) is 0 Å². The lowest BCUT2D eigenvalue weighted by molar-refractivity contribution is 0.317. The van der Waals surface area contributed by atoms with Crippen LogP contribution in [0.2, 0.25) is 0 Å². The van der Waals surface area contributed by atoms with Gasteiger partial charge in [0.1, 0.15) is 11.6 Å². The minimum atomic E-state index is -0.550. The van der Waals surface area contributed by atoms with Crippen molar-refractivity contribution < 1.29 is 8.78 Å². The van der Waals surface area contributed by atoms with E-state index >= 15 is 0 Å². The maximum Gasteiger partial charge on any atom is 0.147 e. The Kier molecular flexibility index (Phi) is 3.60. The second-order valence-electron chi connectivity index (χ2n) is 5.62. The van der Waals surface area contributed by atoms with Crippen LogP contribution in [0, 0.1) is 17.0 Å². The molecule has 2 N–H and O–H groups in total. The number of halogens is 3. The quantitative estimate of drug-likeness (QED) is 0.770. The molecule has 1 atom stereocenters. The smallest absolute Gasteiger partial charge is 0.147 e. The van der Waals surface area contributed by atoms with E-state index in [9.17, 15) is 8.78 Å². The molecule has 18 heavy (non-hydrogen) atoms. The van der Waals surface area contributed by atoms with Crippen molar-refractivity contribution in [2.75, 3.05) is 0 Å². The number of hydrogen-bond donors (Lipinski definition) is 1. The van der Waals surface area contributed by atoms with Crippen LogP contribution < -0.4 is 5.73 Å². The molecule has 1 unspecified atom stereocenters. The van der Waals surface area contributed by atoms with Crippen LogP contribution in [0.15, 0.2) is 22.7 Å². The van der Waals surface area contributed by atoms with E-state index in [2.05, 4.69) is 29.8 Å². The summed E-state index contributed by atoms with van der Waals surface area (Å²) in [5.41, 5.74) is 6.62. The topological polar surface area (TPSA) is 26.0 Å². The molecule has 0 fully saturated rings. The lowest BCUT2D eigenvalue weighted by Crippen LogP contribution is -2.30. The highest BCUT2D eigenvalue weighted by Gasteiger charge is 2.30. The lowest BCUT2D eigenvalue weighted by Gasteiger charge is -2.33. The Hall–Kier alpha value is -0.740. The van der Waals surface area contributed by atoms with E-state index < -0.39 is 11.6 Å². The summed E-state index contributed by atoms with van der Waals surface area (Å²) in [4.78, 5) is 0. The molecule has 0 heterocycles. The summed E-state index contributed by atoms with van der Waals surface area (Å²) >= 11 is 3.09. The van der Waals surface area contributed by atoms with Gasteiger partial charge in [0.15, 0.2) is 0 Å². The molecular weight excluding hydrogens is 300 g/mol. The second kappa shape index (κ2) is 4.74. The van der Waals surface area contributed by atoms with Gasteiger partial charge in [-0.15, -0.1) is 0 Å². The highest BCUT2D eigenvalue weighted by Crippen LogP contribution is 2.41. The molecule has 2 rings (SSSR count). The maximum atomic E-state index is 14.1. The predicted molar refractivity (Wildman–Crippen MR) is 73.0 cm³/mol. The summed E-state index contributed by atoms with van der Waals surface area (Å²) in [6.45, 7) is 4.13. The Labute approximate surface area is 114 Å². The SMILES string of the molecule is CC1(C)CC(c2c(F)ccc(Br)c2F)=CC(N)C1. The van der Waals surface area contributed by atoms with Crippen LogP contribution in [-0.2, 0) is 0 Å². The molecule has 0 radical (unpaired) electrons. The van der Waals surface area contributed by atoms with Crippen molar-refractivity contribution in [2.45, 2.75) is 32.7 Å². The van der Waals surface area contributed by atoms with E-state index in [1.54, 1.807) is 6.08 Å². The Morgan fingerprint density at radius 1 is 1.33 bits per heavy atom. The van der Waals surface area contributed by atoms with E-state index in [0.29, 0.717) is 12.0 Å². The Morgan fingerprint density at radius 2 is 2.00 bits per heavy atom. The summed E-state index contributed by atoms with van der Waals surface area (Å²) in [6.07, 6.45) is 3.23. The van der Waals surface area contributed by atoms with Gasteiger partial charge >= 0.3 is 0 Å². The summed E-state index contributed by atoms with van der Waals surface area (Å²) in [5.74, 6) is -1.09. The fourth-order valence-electron chi connectivity index (χ4n) is 2.60. The molecule has 1 aliphatic rings. The van der Waals surface area contributed by atoms with Crippen LogP contribution in [0.4, 0.5) is 8.78 Å². The highest BCUT2D eigenvalue weighted by molar-refractivity contribution is 9.10. The fourth-order valence-corrected chi connectivity index (χ4v) is 2.93. The Bertz CT molecular complexity index is 509. The molecule has 0 amide bonds. The molecule has 0 saturated heterocycles. The first-order chi connectivity index (χ1) is 8.30. The predicted octanol–water partition coefficient (Wildman–Crippen LogP) is 4.26. The van der Waals surface area contributed by atoms with Crippen molar-refractivity contribution in [3.8, 4) is 0 Å². The summed E-state index contributed by atoms with van der Waals surface area (Å²) in [7, 11) is 0. The molecule has 0 spiro atoms. The maximum absolute atomic E-state index is 14.1. The van der Waals surface area contributed by atoms with Crippen LogP contribution in [-0.4, -0.2) is 6.04 Å². The average molecular weight is 316 g/mol. The number of allylic oxidation sites excluding steroid dienone is 1. The third kappa shape index (κ3) is 2.64. The van der Waals surface area contributed by atoms with Crippen molar-refractivity contribution in [1.29, 1.82) is 0 Å². The molecule has 1 aromatic carbocycles. The number of nitrogens with two attached hydrogens (primary N) is 1. The lowest BCUT2D eigenvalue weighted by atomic mass is 9.74. The largest absolute Gasteiger partial charge is 0.324 e. The zero-order valence-electron chi connectivity index (χ0n) is 10.4. The number of rotatable bonds is 1. The molecule has 98 valence electrons. The first-order valence-corrected chi connectivity index (χ1v) is 6.69. The van der Waals surface area contributed by atoms with Crippen LogP contribution in [0.5, 0.6) is 0 Å². The molecule has 0 aliphatic heterocycles. The highest BCUT2D eigenvalue weighted by atomic mass is 79.9. The van der Waals surface area contributed by atoms with E-state index in [4.69, 9.17) is 5.73 Å². The zero-order valence-corrected chi connectivity index (χ0v) is 12.0. The van der Waals surface area contributed by atoms with Crippen molar-refractivity contribution in [3.63, 3.8) is 0 Å². The van der Waals surface area contributed by atoms with Crippen molar-refractivity contribution >= 4 is 21.5 Å². The van der Waals surface area contributed by atoms with Gasteiger partial charge in [0.25, 0.3) is 0 Å². The third-order valence-electron chi connectivity index (χ3n) is 3.24. The summed E-state index contributed by atoms with van der Waals surface area (Å²) in [5, 5.41) is 0. The second-order valence-corrected chi connectivity index (χ2v) is 6.47. The standard InChI is InChI=1S/C14H16BrF2N/c1-14(2)6-8(5-9(18)7-14)12-11(16)4-3-10(15)13(12)17/h3-5,9H,6-7,18H2,1-2H3. The molecule has 1 aromatic rings. The average Bonchev–Trinajstić information content (AvgIpc) is 2.21. The van der Waals surface area contributed by atoms with Gasteiger partial charge in [0.05, 0.1) is 10.0 Å². The number of benzene rings is 1. The van der Waals surface area contributed by atoms with Gasteiger partial charge < -0.3 is 5.73 Å². The van der Waals surface area contributed by atoms with Crippen molar-refractivity contribution in [2.24, 2.45) is 11.1 Å². The van der Waals surface area contributed by atoms with Crippen LogP contribution >= 0.6 is 15.9 Å². The summed E-state index contributed by atoms with van der Waals surface area (Å²) in [6, 6.07) is 2.50. The molecule has 0 saturated carbocycles. The van der Waals surface area contributed by atoms with Crippen LogP contribution in [0.1, 0.15) is 32.3 Å². The van der Waals surface area contributed by atoms with Gasteiger partial charge in [-0.25, -0.2) is 8.78 Å². The van der Waals surface area contributed by atoms with Crippen molar-refractivity contribution in [3.05, 3.63) is 39.9 Å². The minimum absolute atomic E-state index is 0.0370. The Morgan fingerprint density at radius 3 is 2.61 bits per heavy atom. The van der Waals surface area contributed by atoms with Gasteiger partial charge in [-0.2, -0.15) is 0 Å². The fraction of sp³-hybridized carbons (Fsp3) is 0.429. The first kappa shape index (κ1) is 13.7. The van der Waals surface area contributed by atoms with Crippen LogP contribution in [0.3, 0.4) is 0 Å². The molecular formula is C14H16BrF2N. The summed E-state index contributed by atoms with van der Waals surface area (Å²) < 4.78 is 28.2. The first-order valence-electron chi connectivity index (χ1n) is 5.90. The number of hydrogen-bond acceptors (Lipinski definition) is 1. The monoisotopic (exact) mass is 315 g/mol. The molecule has 0 aromatic heterocycles. The van der Waals surface area contributed by atoms with Gasteiger partial charge in [-0.1, -0.05) is 19.9 Å². The molecule has 1 aliphatic carbocycles. The molecule has 1 nitrogen and oxygen atoms in total. The van der Waals surface area contributed by atoms with E-state index in [-0.39, 0.29) is 21.5 Å². The van der Waals surface area contributed by atoms with Gasteiger partial charge in [-0.05, 0) is 51.9 Å². The van der Waals surface area contributed by atoms with E-state index in [1.807, 2.05) is 0 Å². The molecule has 0 bridgehead atoms. The minimum Gasteiger partial charge on any atom is -0.324 e. The molecule has 4 heteroatoms. The zero-order chi connectivity index (χ0) is 13.5. The van der Waals surface area contributed by atoms with E-state index in [1.165, 1.54) is 12.1 Å². The normalized spacial score (nSPS) is 22.8. The third-order valence-corrected chi connectivity index (χ3v) is 3.85. The van der Waals surface area contributed by atoms with Crippen molar-refractivity contribution in [1.82, 2.24) is 0 Å².